The summed E-state index contributed by atoms with van der Waals surface area (Å²) in [7, 11) is 4.30. The maximum atomic E-state index is 12.6. The first-order valence-corrected chi connectivity index (χ1v) is 12.6. The van der Waals surface area contributed by atoms with E-state index in [1.165, 1.54) is 6.08 Å². The van der Waals surface area contributed by atoms with Crippen LogP contribution in [0, 0.1) is 17.8 Å². The molecular formula is C24H32Cl2N2O4. The fraction of sp³-hybridized carbons (Fsp3) is 0.750. The Balaban J connectivity index is 1.63. The average Bonchev–Trinajstić information content (AvgIpc) is 3.07. The lowest BCUT2D eigenvalue weighted by molar-refractivity contribution is -0.142. The highest BCUT2D eigenvalue weighted by molar-refractivity contribution is 6.41. The number of nitrogens with zero attached hydrogens (tertiary/aromatic N) is 2. The van der Waals surface area contributed by atoms with E-state index in [0.717, 1.165) is 51.4 Å². The Bertz CT molecular complexity index is 876. The molecule has 0 radical (unpaired) electrons. The number of piperidine rings is 2. The van der Waals surface area contributed by atoms with Gasteiger partial charge in [-0.25, -0.2) is 4.79 Å². The second-order valence-corrected chi connectivity index (χ2v) is 11.6. The summed E-state index contributed by atoms with van der Waals surface area (Å²) in [5.41, 5.74) is 0.558. The van der Waals surface area contributed by atoms with Crippen LogP contribution in [-0.2, 0) is 9.59 Å². The number of halogens is 2. The van der Waals surface area contributed by atoms with Crippen molar-refractivity contribution in [3.63, 3.8) is 0 Å². The molecule has 4 fully saturated rings. The Labute approximate surface area is 199 Å². The normalized spacial score (nSPS) is 44.6. The van der Waals surface area contributed by atoms with Crippen molar-refractivity contribution >= 4 is 35.1 Å². The number of alkyl halides is 1. The van der Waals surface area contributed by atoms with Crippen LogP contribution in [0.4, 0.5) is 0 Å². The maximum absolute atomic E-state index is 12.6. The van der Waals surface area contributed by atoms with Crippen LogP contribution in [0.15, 0.2) is 22.3 Å². The van der Waals surface area contributed by atoms with Crippen molar-refractivity contribution in [2.75, 3.05) is 14.1 Å². The molecule has 176 valence electrons. The summed E-state index contributed by atoms with van der Waals surface area (Å²) in [6.07, 6.45) is 9.14. The molecule has 2 N–H and O–H groups in total. The fourth-order valence-electron chi connectivity index (χ4n) is 7.60. The first-order valence-electron chi connectivity index (χ1n) is 11.8. The minimum absolute atomic E-state index is 0.00183. The van der Waals surface area contributed by atoms with E-state index >= 15 is 0 Å². The summed E-state index contributed by atoms with van der Waals surface area (Å²) in [4.78, 5) is 28.4. The van der Waals surface area contributed by atoms with E-state index in [1.54, 1.807) is 0 Å². The van der Waals surface area contributed by atoms with Gasteiger partial charge < -0.3 is 20.0 Å². The van der Waals surface area contributed by atoms with Crippen molar-refractivity contribution in [1.82, 2.24) is 9.80 Å². The number of hydrogen-bond donors (Lipinski definition) is 2. The quantitative estimate of drug-likeness (QED) is 0.590. The topological polar surface area (TPSA) is 81.1 Å². The predicted molar refractivity (Wildman–Crippen MR) is 123 cm³/mol. The van der Waals surface area contributed by atoms with Crippen molar-refractivity contribution in [3.05, 3.63) is 22.3 Å². The molecule has 4 heterocycles. The molecule has 4 aliphatic heterocycles. The van der Waals surface area contributed by atoms with Crippen molar-refractivity contribution in [2.24, 2.45) is 17.8 Å². The van der Waals surface area contributed by atoms with Crippen molar-refractivity contribution in [1.29, 1.82) is 0 Å². The smallest absolute Gasteiger partial charge is 0.332 e. The second kappa shape index (κ2) is 8.00. The first-order chi connectivity index (χ1) is 15.1. The van der Waals surface area contributed by atoms with E-state index in [4.69, 9.17) is 23.2 Å². The maximum Gasteiger partial charge on any atom is 0.332 e. The monoisotopic (exact) mass is 482 g/mol. The Morgan fingerprint density at radius 1 is 0.938 bits per heavy atom. The molecule has 4 unspecified atom stereocenters. The van der Waals surface area contributed by atoms with Crippen molar-refractivity contribution < 1.29 is 19.8 Å². The van der Waals surface area contributed by atoms with E-state index in [0.29, 0.717) is 34.8 Å². The van der Waals surface area contributed by atoms with Crippen LogP contribution in [0.3, 0.4) is 0 Å². The Hall–Kier alpha value is -1.08. The third-order valence-corrected chi connectivity index (χ3v) is 10.6. The molecule has 0 aromatic rings. The molecular weight excluding hydrogens is 451 g/mol. The molecule has 0 aromatic heterocycles. The molecule has 0 amide bonds. The second-order valence-electron chi connectivity index (χ2n) is 10.6. The van der Waals surface area contributed by atoms with Crippen LogP contribution < -0.4 is 0 Å². The number of hydrogen-bond acceptors (Lipinski definition) is 4. The molecule has 8 heteroatoms. The number of aliphatic carboxylic acids is 2. The van der Waals surface area contributed by atoms with Crippen LogP contribution in [0.5, 0.6) is 0 Å². The van der Waals surface area contributed by atoms with Gasteiger partial charge in [-0.3, -0.25) is 4.79 Å². The number of fused-ring (bicyclic) bond motifs is 4. The van der Waals surface area contributed by atoms with E-state index in [9.17, 15) is 19.8 Å². The minimum Gasteiger partial charge on any atom is -0.481 e. The van der Waals surface area contributed by atoms with E-state index in [2.05, 4.69) is 23.9 Å². The molecule has 4 saturated heterocycles. The lowest BCUT2D eigenvalue weighted by atomic mass is 9.65. The summed E-state index contributed by atoms with van der Waals surface area (Å²) in [6, 6.07) is 1.59. The molecule has 32 heavy (non-hydrogen) atoms. The van der Waals surface area contributed by atoms with Gasteiger partial charge in [-0.2, -0.15) is 0 Å². The summed E-state index contributed by atoms with van der Waals surface area (Å²) < 4.78 is 0. The van der Waals surface area contributed by atoms with E-state index in [-0.39, 0.29) is 17.4 Å². The van der Waals surface area contributed by atoms with Gasteiger partial charge in [0.2, 0.25) is 0 Å². The number of carboxylic acids is 2. The molecule has 5 aliphatic rings. The zero-order valence-corrected chi connectivity index (χ0v) is 20.1. The molecule has 0 aromatic carbocycles. The van der Waals surface area contributed by atoms with Gasteiger partial charge in [0.05, 0.1) is 5.57 Å². The molecule has 0 spiro atoms. The lowest BCUT2D eigenvalue weighted by Gasteiger charge is -2.50. The lowest BCUT2D eigenvalue weighted by Crippen LogP contribution is -2.52. The highest BCUT2D eigenvalue weighted by Gasteiger charge is 2.57. The highest BCUT2D eigenvalue weighted by atomic mass is 35.5. The minimum atomic E-state index is -1.26. The van der Waals surface area contributed by atoms with E-state index in [1.807, 2.05) is 0 Å². The first kappa shape index (κ1) is 22.7. The van der Waals surface area contributed by atoms with Crippen LogP contribution in [-0.4, -0.2) is 75.1 Å². The molecule has 8 atom stereocenters. The summed E-state index contributed by atoms with van der Waals surface area (Å²) in [5, 5.41) is 20.5. The Morgan fingerprint density at radius 3 is 1.84 bits per heavy atom. The largest absolute Gasteiger partial charge is 0.481 e. The van der Waals surface area contributed by atoms with Gasteiger partial charge in [0.15, 0.2) is 0 Å². The Morgan fingerprint density at radius 2 is 1.41 bits per heavy atom. The average molecular weight is 483 g/mol. The summed E-state index contributed by atoms with van der Waals surface area (Å²) >= 11 is 14.4. The highest BCUT2D eigenvalue weighted by Crippen LogP contribution is 2.58. The predicted octanol–water partition coefficient (Wildman–Crippen LogP) is 3.93. The standard InChI is InChI=1S/C24H32Cl2N2O4/c1-27-14-3-4-15(27)8-12(7-14)21-20(23(31)32)18(22(29)30)11-19(25)24(21,26)13-9-16-5-6-17(10-13)28(16)2/h11-18H,3-10H2,1-2H3,(H,29,30)(H,31,32)/t12?,13?,14-,15+,16-,17+,18?,24?. The van der Waals surface area contributed by atoms with Crippen LogP contribution in [0.2, 0.25) is 0 Å². The van der Waals surface area contributed by atoms with Gasteiger partial charge in [-0.1, -0.05) is 11.6 Å². The summed E-state index contributed by atoms with van der Waals surface area (Å²) in [5.74, 6) is -3.69. The van der Waals surface area contributed by atoms with Crippen molar-refractivity contribution in [3.8, 4) is 0 Å². The number of carbonyl (C=O) groups is 2. The zero-order chi connectivity index (χ0) is 22.9. The number of carboxylic acid groups (broad SMARTS) is 2. The van der Waals surface area contributed by atoms with Gasteiger partial charge in [0.1, 0.15) is 10.8 Å². The van der Waals surface area contributed by atoms with Crippen LogP contribution in [0.25, 0.3) is 0 Å². The van der Waals surface area contributed by atoms with Crippen LogP contribution in [0.1, 0.15) is 51.4 Å². The van der Waals surface area contributed by atoms with Gasteiger partial charge in [0, 0.05) is 29.2 Å². The molecule has 4 bridgehead atoms. The van der Waals surface area contributed by atoms with Crippen LogP contribution >= 0.6 is 23.2 Å². The Kier molecular flexibility index (Phi) is 5.68. The van der Waals surface area contributed by atoms with Gasteiger partial charge in [-0.15, -0.1) is 11.6 Å². The van der Waals surface area contributed by atoms with Gasteiger partial charge >= 0.3 is 11.9 Å². The molecule has 6 nitrogen and oxygen atoms in total. The molecule has 1 aliphatic carbocycles. The third-order valence-electron chi connectivity index (χ3n) is 9.32. The summed E-state index contributed by atoms with van der Waals surface area (Å²) in [6.45, 7) is 0. The van der Waals surface area contributed by atoms with Gasteiger partial charge in [-0.05, 0) is 88.9 Å². The number of rotatable bonds is 4. The number of allylic oxidation sites excluding steroid dienone is 2. The van der Waals surface area contributed by atoms with E-state index < -0.39 is 22.7 Å². The zero-order valence-electron chi connectivity index (χ0n) is 18.6. The molecule has 5 rings (SSSR count). The SMILES string of the molecule is CN1[C@@H]2CC[C@H]1CC(C1=C(C(=O)O)C(C(=O)O)C=C(Cl)C1(Cl)C1C[C@H]3CC[C@@H](C1)N3C)C2. The molecule has 0 saturated carbocycles. The van der Waals surface area contributed by atoms with Crippen molar-refractivity contribution in [2.45, 2.75) is 80.4 Å². The fourth-order valence-corrected chi connectivity index (χ4v) is 8.48. The van der Waals surface area contributed by atoms with Gasteiger partial charge in [0.25, 0.3) is 0 Å². The third kappa shape index (κ3) is 3.28.